The maximum atomic E-state index is 12.9. The van der Waals surface area contributed by atoms with Crippen LogP contribution in [0.25, 0.3) is 15.9 Å². The summed E-state index contributed by atoms with van der Waals surface area (Å²) in [6.45, 7) is 2.03. The third kappa shape index (κ3) is 2.08. The normalized spacial score (nSPS) is 14.2. The van der Waals surface area contributed by atoms with Crippen molar-refractivity contribution in [2.45, 2.75) is 32.6 Å². The summed E-state index contributed by atoms with van der Waals surface area (Å²) in [5.41, 5.74) is 4.27. The van der Waals surface area contributed by atoms with E-state index in [4.69, 9.17) is 12.2 Å². The summed E-state index contributed by atoms with van der Waals surface area (Å²) >= 11 is 7.10. The first kappa shape index (κ1) is 13.9. The van der Waals surface area contributed by atoms with Crippen LogP contribution in [0.5, 0.6) is 0 Å². The van der Waals surface area contributed by atoms with Gasteiger partial charge >= 0.3 is 0 Å². The summed E-state index contributed by atoms with van der Waals surface area (Å²) in [4.78, 5) is 17.6. The molecule has 4 rings (SSSR count). The molecule has 2 aromatic heterocycles. The minimum absolute atomic E-state index is 0.00185. The molecule has 5 heteroatoms. The van der Waals surface area contributed by atoms with Crippen molar-refractivity contribution in [3.05, 3.63) is 55.4 Å². The third-order valence-electron chi connectivity index (χ3n) is 4.30. The van der Waals surface area contributed by atoms with Gasteiger partial charge in [-0.15, -0.1) is 11.3 Å². The summed E-state index contributed by atoms with van der Waals surface area (Å²) in [5.74, 6) is 0. The van der Waals surface area contributed by atoms with E-state index in [1.54, 1.807) is 15.9 Å². The Morgan fingerprint density at radius 3 is 2.68 bits per heavy atom. The Balaban J connectivity index is 2.03. The second kappa shape index (κ2) is 5.18. The number of thiophene rings is 1. The molecule has 0 radical (unpaired) electrons. The van der Waals surface area contributed by atoms with Crippen molar-refractivity contribution in [3.8, 4) is 5.69 Å². The zero-order valence-electron chi connectivity index (χ0n) is 12.3. The molecule has 3 nitrogen and oxygen atoms in total. The molecule has 3 aromatic rings. The summed E-state index contributed by atoms with van der Waals surface area (Å²) in [7, 11) is 0. The van der Waals surface area contributed by atoms with Gasteiger partial charge in [0.25, 0.3) is 5.56 Å². The van der Waals surface area contributed by atoms with Crippen LogP contribution in [0.3, 0.4) is 0 Å². The topological polar surface area (TPSA) is 37.8 Å². The highest BCUT2D eigenvalue weighted by atomic mass is 32.1. The molecule has 0 saturated heterocycles. The lowest BCUT2D eigenvalue weighted by Crippen LogP contribution is -2.19. The number of H-pyrrole nitrogens is 1. The average Bonchev–Trinajstić information content (AvgIpc) is 2.88. The highest BCUT2D eigenvalue weighted by Gasteiger charge is 2.19. The number of nitrogens with zero attached hydrogens (tertiary/aromatic N) is 1. The maximum Gasteiger partial charge on any atom is 0.276 e. The molecule has 22 heavy (non-hydrogen) atoms. The van der Waals surface area contributed by atoms with Crippen LogP contribution < -0.4 is 5.56 Å². The van der Waals surface area contributed by atoms with E-state index in [2.05, 4.69) is 4.98 Å². The molecule has 1 aliphatic carbocycles. The molecular weight excluding hydrogens is 312 g/mol. The van der Waals surface area contributed by atoms with Gasteiger partial charge in [-0.2, -0.15) is 0 Å². The van der Waals surface area contributed by atoms with Crippen LogP contribution in [0.4, 0.5) is 0 Å². The number of benzene rings is 1. The first-order valence-corrected chi connectivity index (χ1v) is 8.74. The summed E-state index contributed by atoms with van der Waals surface area (Å²) in [6, 6.07) is 7.89. The first-order valence-electron chi connectivity index (χ1n) is 7.52. The van der Waals surface area contributed by atoms with E-state index in [0.29, 0.717) is 4.77 Å². The third-order valence-corrected chi connectivity index (χ3v) is 5.86. The largest absolute Gasteiger partial charge is 0.330 e. The number of hydrogen-bond donors (Lipinski definition) is 1. The Kier molecular flexibility index (Phi) is 3.27. The van der Waals surface area contributed by atoms with Crippen molar-refractivity contribution in [2.24, 2.45) is 0 Å². The van der Waals surface area contributed by atoms with E-state index < -0.39 is 0 Å². The molecule has 1 aliphatic rings. The molecule has 0 unspecified atom stereocenters. The monoisotopic (exact) mass is 328 g/mol. The smallest absolute Gasteiger partial charge is 0.276 e. The Morgan fingerprint density at radius 1 is 1.18 bits per heavy atom. The van der Waals surface area contributed by atoms with Crippen molar-refractivity contribution < 1.29 is 0 Å². The second-order valence-electron chi connectivity index (χ2n) is 5.82. The number of fused-ring (bicyclic) bond motifs is 3. The van der Waals surface area contributed by atoms with E-state index >= 15 is 0 Å². The van der Waals surface area contributed by atoms with Gasteiger partial charge in [0.05, 0.1) is 11.2 Å². The van der Waals surface area contributed by atoms with Gasteiger partial charge in [0, 0.05) is 4.88 Å². The molecule has 0 bridgehead atoms. The van der Waals surface area contributed by atoms with Crippen molar-refractivity contribution in [2.75, 3.05) is 0 Å². The zero-order chi connectivity index (χ0) is 15.3. The number of rotatable bonds is 1. The molecule has 0 fully saturated rings. The molecule has 0 spiro atoms. The lowest BCUT2D eigenvalue weighted by Gasteiger charge is -2.10. The number of aromatic amines is 1. The predicted molar refractivity (Wildman–Crippen MR) is 94.0 cm³/mol. The van der Waals surface area contributed by atoms with E-state index in [-0.39, 0.29) is 5.56 Å². The Bertz CT molecular complexity index is 977. The van der Waals surface area contributed by atoms with Crippen molar-refractivity contribution in [1.82, 2.24) is 9.55 Å². The minimum Gasteiger partial charge on any atom is -0.330 e. The Labute approximate surface area is 137 Å². The summed E-state index contributed by atoms with van der Waals surface area (Å²) < 4.78 is 2.90. The van der Waals surface area contributed by atoms with Gasteiger partial charge in [0.1, 0.15) is 4.70 Å². The Hall–Kier alpha value is -1.72. The van der Waals surface area contributed by atoms with Crippen LogP contribution in [0, 0.1) is 11.7 Å². The van der Waals surface area contributed by atoms with Gasteiger partial charge in [-0.1, -0.05) is 17.7 Å². The molecule has 0 amide bonds. The first-order chi connectivity index (χ1) is 10.6. The fourth-order valence-corrected chi connectivity index (χ4v) is 4.70. The zero-order valence-corrected chi connectivity index (χ0v) is 13.9. The molecular formula is C17H16N2OS2. The fraction of sp³-hybridized carbons (Fsp3) is 0.294. The van der Waals surface area contributed by atoms with Gasteiger partial charge in [0.2, 0.25) is 0 Å². The van der Waals surface area contributed by atoms with Crippen LogP contribution in [0.1, 0.15) is 28.8 Å². The predicted octanol–water partition coefficient (Wildman–Crippen LogP) is 4.30. The van der Waals surface area contributed by atoms with Crippen molar-refractivity contribution in [1.29, 1.82) is 0 Å². The quantitative estimate of drug-likeness (QED) is 0.676. The van der Waals surface area contributed by atoms with Gasteiger partial charge in [0.15, 0.2) is 4.77 Å². The lowest BCUT2D eigenvalue weighted by molar-refractivity contribution is 0.699. The van der Waals surface area contributed by atoms with Crippen LogP contribution in [-0.2, 0) is 12.8 Å². The standard InChI is InChI=1S/C17H16N2OS2/c1-10-6-8-11(9-7-10)19-16(20)15-14(18-17(19)21)12-4-2-3-5-13(12)22-15/h6-9H,2-5H2,1H3,(H,18,21). The van der Waals surface area contributed by atoms with E-state index in [9.17, 15) is 4.79 Å². The average molecular weight is 328 g/mol. The van der Waals surface area contributed by atoms with E-state index in [1.807, 2.05) is 31.2 Å². The highest BCUT2D eigenvalue weighted by molar-refractivity contribution is 7.71. The van der Waals surface area contributed by atoms with Crippen molar-refractivity contribution >= 4 is 33.8 Å². The molecule has 0 aliphatic heterocycles. The summed E-state index contributed by atoms with van der Waals surface area (Å²) in [6.07, 6.45) is 4.54. The molecule has 0 saturated carbocycles. The van der Waals surface area contributed by atoms with Gasteiger partial charge in [-0.3, -0.25) is 9.36 Å². The lowest BCUT2D eigenvalue weighted by atomic mass is 9.98. The molecule has 2 heterocycles. The highest BCUT2D eigenvalue weighted by Crippen LogP contribution is 2.33. The van der Waals surface area contributed by atoms with Crippen LogP contribution in [-0.4, -0.2) is 9.55 Å². The van der Waals surface area contributed by atoms with Crippen LogP contribution in [0.15, 0.2) is 29.1 Å². The van der Waals surface area contributed by atoms with Crippen LogP contribution in [0.2, 0.25) is 0 Å². The number of aromatic nitrogens is 2. The van der Waals surface area contributed by atoms with Gasteiger partial charge in [-0.05, 0) is 62.5 Å². The number of hydrogen-bond acceptors (Lipinski definition) is 3. The summed E-state index contributed by atoms with van der Waals surface area (Å²) in [5, 5.41) is 0. The van der Waals surface area contributed by atoms with E-state index in [1.165, 1.54) is 28.8 Å². The van der Waals surface area contributed by atoms with Crippen molar-refractivity contribution in [3.63, 3.8) is 0 Å². The second-order valence-corrected chi connectivity index (χ2v) is 7.31. The molecule has 112 valence electrons. The molecule has 1 aromatic carbocycles. The fourth-order valence-electron chi connectivity index (χ4n) is 3.13. The van der Waals surface area contributed by atoms with Gasteiger partial charge in [-0.25, -0.2) is 0 Å². The number of nitrogens with one attached hydrogen (secondary N) is 1. The SMILES string of the molecule is Cc1ccc(-n2c(=S)[nH]c3c4c(sc3c2=O)CCCC4)cc1. The van der Waals surface area contributed by atoms with Crippen LogP contribution >= 0.6 is 23.6 Å². The minimum atomic E-state index is 0.00185. The number of aryl methyl sites for hydroxylation is 3. The van der Waals surface area contributed by atoms with Gasteiger partial charge < -0.3 is 4.98 Å². The maximum absolute atomic E-state index is 12.9. The Morgan fingerprint density at radius 2 is 1.91 bits per heavy atom. The molecule has 1 N–H and O–H groups in total. The van der Waals surface area contributed by atoms with E-state index in [0.717, 1.165) is 28.7 Å². The molecule has 0 atom stereocenters.